The van der Waals surface area contributed by atoms with E-state index in [2.05, 4.69) is 0 Å². The number of carbonyl (C=O) groups is 1. The van der Waals surface area contributed by atoms with E-state index in [9.17, 15) is 14.3 Å². The average Bonchev–Trinajstić information content (AvgIpc) is 2.76. The maximum atomic E-state index is 14.3. The van der Waals surface area contributed by atoms with Crippen LogP contribution in [0.25, 0.3) is 0 Å². The molecule has 3 unspecified atom stereocenters. The number of halogens is 1. The Morgan fingerprint density at radius 1 is 1.11 bits per heavy atom. The van der Waals surface area contributed by atoms with Crippen molar-refractivity contribution in [3.05, 3.63) is 65.5 Å². The number of ether oxygens (including phenoxy) is 2. The second-order valence-electron chi connectivity index (χ2n) is 7.33. The number of phenols is 1. The standard InChI is InChI=1S/C22H24FNO4/c23-20-17(9-4-10-18(20)25)16-8-5-12-24(14-16)21(26)19-11-13-27-22(28-19)15-6-2-1-3-7-15/h1-4,6-7,9-10,16,19,22,25H,5,8,11-14H2. The summed E-state index contributed by atoms with van der Waals surface area (Å²) in [5.74, 6) is -1.14. The Labute approximate surface area is 163 Å². The second kappa shape index (κ2) is 8.29. The molecule has 2 heterocycles. The van der Waals surface area contributed by atoms with Crippen molar-refractivity contribution in [3.63, 3.8) is 0 Å². The smallest absolute Gasteiger partial charge is 0.251 e. The van der Waals surface area contributed by atoms with E-state index in [1.165, 1.54) is 6.07 Å². The normalized spacial score (nSPS) is 25.5. The van der Waals surface area contributed by atoms with Crippen LogP contribution < -0.4 is 0 Å². The molecule has 28 heavy (non-hydrogen) atoms. The van der Waals surface area contributed by atoms with Crippen LogP contribution >= 0.6 is 0 Å². The summed E-state index contributed by atoms with van der Waals surface area (Å²) in [6.45, 7) is 1.51. The zero-order chi connectivity index (χ0) is 19.5. The molecular formula is C22H24FNO4. The number of likely N-dealkylation sites (tertiary alicyclic amines) is 1. The van der Waals surface area contributed by atoms with Crippen LogP contribution in [0.5, 0.6) is 5.75 Å². The Hall–Kier alpha value is -2.44. The molecule has 1 N–H and O–H groups in total. The van der Waals surface area contributed by atoms with Crippen LogP contribution in [0.15, 0.2) is 48.5 Å². The summed E-state index contributed by atoms with van der Waals surface area (Å²) in [6, 6.07) is 14.2. The summed E-state index contributed by atoms with van der Waals surface area (Å²) in [5.41, 5.74) is 1.35. The third kappa shape index (κ3) is 3.88. The molecule has 2 fully saturated rings. The lowest BCUT2D eigenvalue weighted by atomic mass is 9.89. The van der Waals surface area contributed by atoms with Gasteiger partial charge in [0.1, 0.15) is 6.10 Å². The van der Waals surface area contributed by atoms with Gasteiger partial charge in [-0.2, -0.15) is 0 Å². The third-order valence-electron chi connectivity index (χ3n) is 5.47. The van der Waals surface area contributed by atoms with Gasteiger partial charge >= 0.3 is 0 Å². The van der Waals surface area contributed by atoms with Crippen LogP contribution in [0.4, 0.5) is 4.39 Å². The van der Waals surface area contributed by atoms with E-state index in [0.29, 0.717) is 31.7 Å². The number of nitrogens with zero attached hydrogens (tertiary/aromatic N) is 1. The number of piperidine rings is 1. The third-order valence-corrected chi connectivity index (χ3v) is 5.47. The molecule has 0 aromatic heterocycles. The Morgan fingerprint density at radius 3 is 2.75 bits per heavy atom. The highest BCUT2D eigenvalue weighted by atomic mass is 19.1. The summed E-state index contributed by atoms with van der Waals surface area (Å²) < 4.78 is 25.9. The molecule has 2 aliphatic rings. The van der Waals surface area contributed by atoms with Crippen LogP contribution in [0.1, 0.15) is 42.6 Å². The van der Waals surface area contributed by atoms with Crippen molar-refractivity contribution in [1.82, 2.24) is 4.90 Å². The molecule has 2 saturated heterocycles. The fraction of sp³-hybridized carbons (Fsp3) is 0.409. The topological polar surface area (TPSA) is 59.0 Å². The molecule has 5 nitrogen and oxygen atoms in total. The number of aromatic hydroxyl groups is 1. The fourth-order valence-electron chi connectivity index (χ4n) is 3.99. The zero-order valence-electron chi connectivity index (χ0n) is 15.6. The molecule has 148 valence electrons. The number of amides is 1. The predicted octanol–water partition coefficient (Wildman–Crippen LogP) is 3.74. The Bertz CT molecular complexity index is 829. The lowest BCUT2D eigenvalue weighted by molar-refractivity contribution is -0.221. The van der Waals surface area contributed by atoms with Crippen molar-refractivity contribution < 1.29 is 23.8 Å². The number of carbonyl (C=O) groups excluding carboxylic acids is 1. The van der Waals surface area contributed by atoms with Gasteiger partial charge in [0.2, 0.25) is 0 Å². The molecule has 2 aliphatic heterocycles. The summed E-state index contributed by atoms with van der Waals surface area (Å²) in [6.07, 6.45) is 0.964. The van der Waals surface area contributed by atoms with Crippen LogP contribution in [0.3, 0.4) is 0 Å². The van der Waals surface area contributed by atoms with E-state index in [1.54, 1.807) is 17.0 Å². The Kier molecular flexibility index (Phi) is 5.59. The number of phenolic OH excluding ortho intramolecular Hbond substituents is 1. The van der Waals surface area contributed by atoms with Gasteiger partial charge in [0.25, 0.3) is 5.91 Å². The minimum Gasteiger partial charge on any atom is -0.505 e. The molecule has 2 aromatic rings. The molecule has 0 radical (unpaired) electrons. The number of hydrogen-bond donors (Lipinski definition) is 1. The number of rotatable bonds is 3. The monoisotopic (exact) mass is 385 g/mol. The average molecular weight is 385 g/mol. The van der Waals surface area contributed by atoms with E-state index in [-0.39, 0.29) is 17.6 Å². The first-order valence-electron chi connectivity index (χ1n) is 9.71. The lowest BCUT2D eigenvalue weighted by Gasteiger charge is -2.37. The van der Waals surface area contributed by atoms with Gasteiger partial charge in [0, 0.05) is 31.0 Å². The maximum absolute atomic E-state index is 14.3. The van der Waals surface area contributed by atoms with Gasteiger partial charge in [-0.05, 0) is 24.5 Å². The highest BCUT2D eigenvalue weighted by Gasteiger charge is 2.35. The van der Waals surface area contributed by atoms with Crippen molar-refractivity contribution in [3.8, 4) is 5.75 Å². The van der Waals surface area contributed by atoms with Crippen molar-refractivity contribution in [2.24, 2.45) is 0 Å². The second-order valence-corrected chi connectivity index (χ2v) is 7.33. The van der Waals surface area contributed by atoms with E-state index < -0.39 is 18.2 Å². The molecule has 0 spiro atoms. The molecule has 3 atom stereocenters. The molecule has 0 bridgehead atoms. The van der Waals surface area contributed by atoms with Crippen LogP contribution in [-0.2, 0) is 14.3 Å². The molecule has 4 rings (SSSR count). The summed E-state index contributed by atoms with van der Waals surface area (Å²) in [4.78, 5) is 14.8. The fourth-order valence-corrected chi connectivity index (χ4v) is 3.99. The molecular weight excluding hydrogens is 361 g/mol. The van der Waals surface area contributed by atoms with Crippen LogP contribution in [-0.4, -0.2) is 41.7 Å². The van der Waals surface area contributed by atoms with Crippen LogP contribution in [0.2, 0.25) is 0 Å². The Morgan fingerprint density at radius 2 is 1.93 bits per heavy atom. The predicted molar refractivity (Wildman–Crippen MR) is 101 cm³/mol. The quantitative estimate of drug-likeness (QED) is 0.874. The molecule has 0 saturated carbocycles. The van der Waals surface area contributed by atoms with Gasteiger partial charge in [-0.1, -0.05) is 42.5 Å². The molecule has 0 aliphatic carbocycles. The number of benzene rings is 2. The lowest BCUT2D eigenvalue weighted by Crippen LogP contribution is -2.47. The van der Waals surface area contributed by atoms with Gasteiger partial charge in [0.05, 0.1) is 6.61 Å². The maximum Gasteiger partial charge on any atom is 0.251 e. The van der Waals surface area contributed by atoms with Gasteiger partial charge in [-0.15, -0.1) is 0 Å². The molecule has 2 aromatic carbocycles. The SMILES string of the molecule is O=C(C1CCOC(c2ccccc2)O1)N1CCCC(c2cccc(O)c2F)C1. The van der Waals surface area contributed by atoms with Gasteiger partial charge in [-0.25, -0.2) is 4.39 Å². The van der Waals surface area contributed by atoms with E-state index >= 15 is 0 Å². The van der Waals surface area contributed by atoms with Gasteiger partial charge in [-0.3, -0.25) is 4.79 Å². The highest BCUT2D eigenvalue weighted by molar-refractivity contribution is 5.81. The van der Waals surface area contributed by atoms with Crippen molar-refractivity contribution >= 4 is 5.91 Å². The van der Waals surface area contributed by atoms with Crippen molar-refractivity contribution in [1.29, 1.82) is 0 Å². The van der Waals surface area contributed by atoms with E-state index in [1.807, 2.05) is 30.3 Å². The zero-order valence-corrected chi connectivity index (χ0v) is 15.6. The first kappa shape index (κ1) is 18.9. The first-order valence-corrected chi connectivity index (χ1v) is 9.71. The molecule has 1 amide bonds. The van der Waals surface area contributed by atoms with Gasteiger partial charge < -0.3 is 19.5 Å². The Balaban J connectivity index is 1.45. The first-order chi connectivity index (χ1) is 13.6. The van der Waals surface area contributed by atoms with E-state index in [0.717, 1.165) is 18.4 Å². The molecule has 6 heteroatoms. The van der Waals surface area contributed by atoms with Crippen molar-refractivity contribution in [2.45, 2.75) is 37.6 Å². The van der Waals surface area contributed by atoms with Crippen molar-refractivity contribution in [2.75, 3.05) is 19.7 Å². The number of hydrogen-bond acceptors (Lipinski definition) is 4. The van der Waals surface area contributed by atoms with Gasteiger partial charge in [0.15, 0.2) is 17.9 Å². The minimum absolute atomic E-state index is 0.0745. The summed E-state index contributed by atoms with van der Waals surface area (Å²) >= 11 is 0. The minimum atomic E-state index is -0.590. The highest BCUT2D eigenvalue weighted by Crippen LogP contribution is 2.33. The van der Waals surface area contributed by atoms with Crippen LogP contribution in [0, 0.1) is 5.82 Å². The summed E-state index contributed by atoms with van der Waals surface area (Å²) in [5, 5.41) is 9.66. The largest absolute Gasteiger partial charge is 0.505 e. The van der Waals surface area contributed by atoms with E-state index in [4.69, 9.17) is 9.47 Å². The summed E-state index contributed by atoms with van der Waals surface area (Å²) in [7, 11) is 0.